The number of thioether (sulfide) groups is 1. The van der Waals surface area contributed by atoms with E-state index in [0.717, 1.165) is 22.0 Å². The maximum absolute atomic E-state index is 12.7. The van der Waals surface area contributed by atoms with Gasteiger partial charge in [-0.15, -0.1) is 0 Å². The van der Waals surface area contributed by atoms with E-state index in [-0.39, 0.29) is 16.6 Å². The molecule has 33 heavy (non-hydrogen) atoms. The van der Waals surface area contributed by atoms with Gasteiger partial charge in [-0.2, -0.15) is 4.31 Å². The molecule has 1 saturated heterocycles. The number of sulfonamides is 1. The Kier molecular flexibility index (Phi) is 7.49. The number of aromatic nitrogens is 2. The van der Waals surface area contributed by atoms with Gasteiger partial charge in [-0.1, -0.05) is 54.2 Å². The molecule has 174 valence electrons. The molecule has 1 N–H and O–H groups in total. The molecule has 1 fully saturated rings. The fraction of sp³-hybridized carbons (Fsp3) is 0.304. The van der Waals surface area contributed by atoms with E-state index in [1.807, 2.05) is 48.1 Å². The zero-order chi connectivity index (χ0) is 23.3. The third-order valence-electron chi connectivity index (χ3n) is 5.37. The van der Waals surface area contributed by atoms with Crippen LogP contribution in [-0.2, 0) is 33.1 Å². The maximum Gasteiger partial charge on any atom is 0.243 e. The number of morpholine rings is 1. The Hall–Kier alpha value is -2.66. The second kappa shape index (κ2) is 10.5. The summed E-state index contributed by atoms with van der Waals surface area (Å²) in [6, 6.07) is 16.6. The first kappa shape index (κ1) is 23.5. The van der Waals surface area contributed by atoms with Crippen molar-refractivity contribution in [2.24, 2.45) is 7.05 Å². The largest absolute Gasteiger partial charge is 0.379 e. The third kappa shape index (κ3) is 5.64. The summed E-state index contributed by atoms with van der Waals surface area (Å²) in [5.74, 6) is 0.122. The minimum Gasteiger partial charge on any atom is -0.379 e. The predicted octanol–water partition coefficient (Wildman–Crippen LogP) is 2.52. The Balaban J connectivity index is 1.28. The number of nitrogens with zero attached hydrogens (tertiary/aromatic N) is 3. The molecule has 0 bridgehead atoms. The SMILES string of the molecule is Cn1c(-c2ccccc2)cnc1SCC(=O)NCc1ccc(S(=O)(=O)N2CCOCC2)cc1. The number of carbonyl (C=O) groups excluding carboxylic acids is 1. The second-order valence-corrected chi connectivity index (χ2v) is 10.5. The first-order valence-corrected chi connectivity index (χ1v) is 13.0. The highest BCUT2D eigenvalue weighted by Gasteiger charge is 2.26. The summed E-state index contributed by atoms with van der Waals surface area (Å²) in [7, 11) is -1.59. The van der Waals surface area contributed by atoms with Crippen LogP contribution in [0.15, 0.2) is 70.8 Å². The molecule has 1 aromatic heterocycles. The van der Waals surface area contributed by atoms with Crippen LogP contribution in [0.4, 0.5) is 0 Å². The molecule has 0 atom stereocenters. The van der Waals surface area contributed by atoms with E-state index in [1.54, 1.807) is 24.3 Å². The molecular formula is C23H26N4O4S2. The van der Waals surface area contributed by atoms with Crippen LogP contribution in [0.5, 0.6) is 0 Å². The van der Waals surface area contributed by atoms with Crippen LogP contribution >= 0.6 is 11.8 Å². The van der Waals surface area contributed by atoms with Gasteiger partial charge in [-0.3, -0.25) is 4.79 Å². The van der Waals surface area contributed by atoms with Crippen LogP contribution in [0.2, 0.25) is 0 Å². The molecule has 0 aliphatic carbocycles. The maximum atomic E-state index is 12.7. The van der Waals surface area contributed by atoms with Crippen molar-refractivity contribution in [2.75, 3.05) is 32.1 Å². The Morgan fingerprint density at radius 3 is 2.48 bits per heavy atom. The summed E-state index contributed by atoms with van der Waals surface area (Å²) in [5, 5.41) is 3.64. The highest BCUT2D eigenvalue weighted by atomic mass is 32.2. The van der Waals surface area contributed by atoms with Gasteiger partial charge < -0.3 is 14.6 Å². The number of amides is 1. The van der Waals surface area contributed by atoms with Gasteiger partial charge >= 0.3 is 0 Å². The van der Waals surface area contributed by atoms with Crippen LogP contribution in [0.3, 0.4) is 0 Å². The molecule has 2 heterocycles. The summed E-state index contributed by atoms with van der Waals surface area (Å²) in [6.07, 6.45) is 1.81. The molecule has 0 spiro atoms. The zero-order valence-electron chi connectivity index (χ0n) is 18.3. The van der Waals surface area contributed by atoms with Crippen molar-refractivity contribution in [2.45, 2.75) is 16.6 Å². The van der Waals surface area contributed by atoms with Gasteiger partial charge in [-0.05, 0) is 23.3 Å². The monoisotopic (exact) mass is 486 g/mol. The Morgan fingerprint density at radius 2 is 1.79 bits per heavy atom. The Bertz CT molecular complexity index is 1190. The molecule has 1 aliphatic rings. The van der Waals surface area contributed by atoms with E-state index in [9.17, 15) is 13.2 Å². The average Bonchev–Trinajstić information content (AvgIpc) is 3.23. The number of rotatable bonds is 8. The van der Waals surface area contributed by atoms with Crippen molar-refractivity contribution in [1.82, 2.24) is 19.2 Å². The summed E-state index contributed by atoms with van der Waals surface area (Å²) >= 11 is 1.37. The molecule has 0 saturated carbocycles. The Morgan fingerprint density at radius 1 is 1.09 bits per heavy atom. The van der Waals surface area contributed by atoms with Gasteiger partial charge in [0.1, 0.15) is 0 Å². The number of nitrogens with one attached hydrogen (secondary N) is 1. The van der Waals surface area contributed by atoms with E-state index in [2.05, 4.69) is 10.3 Å². The fourth-order valence-electron chi connectivity index (χ4n) is 3.50. The molecule has 0 radical (unpaired) electrons. The van der Waals surface area contributed by atoms with Crippen molar-refractivity contribution in [1.29, 1.82) is 0 Å². The topological polar surface area (TPSA) is 93.5 Å². The third-order valence-corrected chi connectivity index (χ3v) is 8.33. The standard InChI is InChI=1S/C23H26N4O4S2/c1-26-21(19-5-3-2-4-6-19)16-25-23(26)32-17-22(28)24-15-18-7-9-20(10-8-18)33(29,30)27-11-13-31-14-12-27/h2-10,16H,11-15,17H2,1H3,(H,24,28). The average molecular weight is 487 g/mol. The quantitative estimate of drug-likeness (QED) is 0.492. The predicted molar refractivity (Wildman–Crippen MR) is 127 cm³/mol. The molecular weight excluding hydrogens is 460 g/mol. The lowest BCUT2D eigenvalue weighted by molar-refractivity contribution is -0.118. The van der Waals surface area contributed by atoms with Crippen LogP contribution in [0, 0.1) is 0 Å². The molecule has 3 aromatic rings. The van der Waals surface area contributed by atoms with Crippen LogP contribution in [0.25, 0.3) is 11.3 Å². The van der Waals surface area contributed by atoms with E-state index in [0.29, 0.717) is 32.8 Å². The minimum atomic E-state index is -3.52. The van der Waals surface area contributed by atoms with E-state index < -0.39 is 10.0 Å². The van der Waals surface area contributed by atoms with Crippen LogP contribution in [-0.4, -0.2) is 60.2 Å². The normalized spacial score (nSPS) is 14.8. The number of benzene rings is 2. The number of carbonyl (C=O) groups is 1. The number of hydrogen-bond donors (Lipinski definition) is 1. The molecule has 8 nitrogen and oxygen atoms in total. The van der Waals surface area contributed by atoms with Gasteiger partial charge in [0.15, 0.2) is 5.16 Å². The molecule has 2 aromatic carbocycles. The van der Waals surface area contributed by atoms with Crippen LogP contribution in [0.1, 0.15) is 5.56 Å². The van der Waals surface area contributed by atoms with E-state index >= 15 is 0 Å². The smallest absolute Gasteiger partial charge is 0.243 e. The number of ether oxygens (including phenoxy) is 1. The fourth-order valence-corrected chi connectivity index (χ4v) is 5.69. The minimum absolute atomic E-state index is 0.116. The van der Waals surface area contributed by atoms with Gasteiger partial charge in [0.05, 0.1) is 35.8 Å². The van der Waals surface area contributed by atoms with Gasteiger partial charge in [0.2, 0.25) is 15.9 Å². The molecule has 1 amide bonds. The zero-order valence-corrected chi connectivity index (χ0v) is 19.9. The van der Waals surface area contributed by atoms with Crippen molar-refractivity contribution >= 4 is 27.7 Å². The molecule has 1 aliphatic heterocycles. The lowest BCUT2D eigenvalue weighted by Gasteiger charge is -2.26. The Labute approximate surface area is 198 Å². The van der Waals surface area contributed by atoms with Crippen molar-refractivity contribution in [3.8, 4) is 11.3 Å². The molecule has 10 heteroatoms. The summed E-state index contributed by atoms with van der Waals surface area (Å²) < 4.78 is 34.0. The van der Waals surface area contributed by atoms with E-state index in [4.69, 9.17) is 4.74 Å². The molecule has 0 unspecified atom stereocenters. The lowest BCUT2D eigenvalue weighted by atomic mass is 10.2. The number of imidazole rings is 1. The summed E-state index contributed by atoms with van der Waals surface area (Å²) in [6.45, 7) is 1.87. The summed E-state index contributed by atoms with van der Waals surface area (Å²) in [5.41, 5.74) is 2.89. The number of hydrogen-bond acceptors (Lipinski definition) is 6. The van der Waals surface area contributed by atoms with Crippen molar-refractivity contribution in [3.63, 3.8) is 0 Å². The lowest BCUT2D eigenvalue weighted by Crippen LogP contribution is -2.40. The van der Waals surface area contributed by atoms with Gasteiger partial charge in [0, 0.05) is 26.7 Å². The van der Waals surface area contributed by atoms with Crippen molar-refractivity contribution in [3.05, 3.63) is 66.4 Å². The summed E-state index contributed by atoms with van der Waals surface area (Å²) in [4.78, 5) is 17.0. The first-order chi connectivity index (χ1) is 15.9. The molecule has 4 rings (SSSR count). The van der Waals surface area contributed by atoms with Crippen molar-refractivity contribution < 1.29 is 17.9 Å². The van der Waals surface area contributed by atoms with Gasteiger partial charge in [0.25, 0.3) is 0 Å². The van der Waals surface area contributed by atoms with E-state index in [1.165, 1.54) is 16.1 Å². The highest BCUT2D eigenvalue weighted by Crippen LogP contribution is 2.24. The van der Waals surface area contributed by atoms with Gasteiger partial charge in [-0.25, -0.2) is 13.4 Å². The first-order valence-electron chi connectivity index (χ1n) is 10.6. The van der Waals surface area contributed by atoms with Crippen LogP contribution < -0.4 is 5.32 Å². The highest BCUT2D eigenvalue weighted by molar-refractivity contribution is 7.99. The second-order valence-electron chi connectivity index (χ2n) is 7.58.